The summed E-state index contributed by atoms with van der Waals surface area (Å²) in [5, 5.41) is 23.2. The lowest BCUT2D eigenvalue weighted by atomic mass is 9.94. The molecule has 8 nitrogen and oxygen atoms in total. The number of ketones is 1. The Morgan fingerprint density at radius 1 is 1.04 bits per heavy atom. The fourth-order valence-corrected chi connectivity index (χ4v) is 8.04. The van der Waals surface area contributed by atoms with Crippen LogP contribution in [0.4, 0.5) is 5.13 Å². The van der Waals surface area contributed by atoms with Crippen molar-refractivity contribution in [2.45, 2.75) is 55.9 Å². The highest BCUT2D eigenvalue weighted by Gasteiger charge is 2.48. The van der Waals surface area contributed by atoms with E-state index in [9.17, 15) is 14.7 Å². The Kier molecular flexibility index (Phi) is 8.94. The maximum Gasteiger partial charge on any atom is 0.301 e. The van der Waals surface area contributed by atoms with E-state index in [1.807, 2.05) is 55.5 Å². The number of hydrogen-bond acceptors (Lipinski definition) is 9. The zero-order valence-electron chi connectivity index (χ0n) is 26.9. The highest BCUT2D eigenvalue weighted by molar-refractivity contribution is 8.00. The van der Waals surface area contributed by atoms with Crippen LogP contribution in [0.1, 0.15) is 55.5 Å². The lowest BCUT2D eigenvalue weighted by molar-refractivity contribution is -0.132. The first kappa shape index (κ1) is 31.9. The first-order valence-electron chi connectivity index (χ1n) is 16.0. The molecule has 2 atom stereocenters. The molecule has 1 saturated heterocycles. The number of aromatic nitrogens is 2. The molecule has 5 aromatic rings. The number of thioether (sulfide) groups is 1. The summed E-state index contributed by atoms with van der Waals surface area (Å²) in [7, 11) is 0. The van der Waals surface area contributed by atoms with E-state index in [1.54, 1.807) is 12.1 Å². The number of anilines is 1. The lowest BCUT2D eigenvalue weighted by Gasteiger charge is -2.23. The third-order valence-electron chi connectivity index (χ3n) is 8.58. The first-order valence-corrected chi connectivity index (χ1v) is 17.8. The van der Waals surface area contributed by atoms with Gasteiger partial charge in [-0.15, -0.1) is 10.2 Å². The van der Waals surface area contributed by atoms with Crippen molar-refractivity contribution in [2.75, 3.05) is 11.5 Å². The number of Topliss-reactive ketones (excluding diaryl/α,β-unsaturated/α-hetero) is 1. The number of carbonyl (C=O) groups is 2. The van der Waals surface area contributed by atoms with Crippen molar-refractivity contribution in [1.82, 2.24) is 10.2 Å². The first-order chi connectivity index (χ1) is 23.3. The highest BCUT2D eigenvalue weighted by Crippen LogP contribution is 2.45. The van der Waals surface area contributed by atoms with Crippen molar-refractivity contribution < 1.29 is 24.2 Å². The van der Waals surface area contributed by atoms with Crippen molar-refractivity contribution in [2.24, 2.45) is 5.92 Å². The van der Waals surface area contributed by atoms with Gasteiger partial charge in [-0.05, 0) is 77.1 Å². The molecule has 3 heterocycles. The number of benzene rings is 4. The van der Waals surface area contributed by atoms with Gasteiger partial charge in [-0.3, -0.25) is 14.5 Å². The summed E-state index contributed by atoms with van der Waals surface area (Å²) in [4.78, 5) is 29.0. The van der Waals surface area contributed by atoms with Crippen LogP contribution in [-0.4, -0.2) is 39.7 Å². The summed E-state index contributed by atoms with van der Waals surface area (Å²) in [6.45, 7) is 6.79. The van der Waals surface area contributed by atoms with Gasteiger partial charge in [-0.25, -0.2) is 0 Å². The van der Waals surface area contributed by atoms with Gasteiger partial charge in [-0.1, -0.05) is 91.5 Å². The zero-order valence-corrected chi connectivity index (χ0v) is 28.5. The minimum atomic E-state index is -0.939. The van der Waals surface area contributed by atoms with E-state index in [0.29, 0.717) is 45.9 Å². The maximum atomic E-state index is 13.8. The van der Waals surface area contributed by atoms with Crippen LogP contribution in [0.25, 0.3) is 16.5 Å². The van der Waals surface area contributed by atoms with E-state index in [4.69, 9.17) is 9.47 Å². The van der Waals surface area contributed by atoms with Crippen molar-refractivity contribution in [1.29, 1.82) is 0 Å². The monoisotopic (exact) mass is 677 g/mol. The molecule has 0 radical (unpaired) electrons. The Hall–Kier alpha value is -4.67. The van der Waals surface area contributed by atoms with Crippen LogP contribution in [0.15, 0.2) is 94.8 Å². The molecule has 1 N–H and O–H groups in total. The van der Waals surface area contributed by atoms with Crippen LogP contribution >= 0.6 is 23.1 Å². The van der Waals surface area contributed by atoms with Gasteiger partial charge in [0.25, 0.3) is 5.78 Å². The molecule has 4 aromatic carbocycles. The number of carbonyl (C=O) groups excluding carboxylic acids is 2. The number of ether oxygens (including phenoxy) is 2. The molecular weight excluding hydrogens is 643 g/mol. The highest BCUT2D eigenvalue weighted by atomic mass is 32.2. The molecular formula is C38H35N3O5S2. The summed E-state index contributed by atoms with van der Waals surface area (Å²) in [5.41, 5.74) is 3.17. The van der Waals surface area contributed by atoms with Gasteiger partial charge in [0.1, 0.15) is 23.4 Å². The van der Waals surface area contributed by atoms with Gasteiger partial charge in [0.2, 0.25) is 5.13 Å². The molecule has 1 aromatic heterocycles. The third-order valence-corrected chi connectivity index (χ3v) is 10.7. The van der Waals surface area contributed by atoms with Gasteiger partial charge in [0.15, 0.2) is 4.34 Å². The Labute approximate surface area is 287 Å². The number of aliphatic hydroxyl groups excluding tert-OH is 1. The SMILES string of the molecule is CC(C)CCOc1cccc([C@@H]2/C(=C(\O)c3ccc4c(c3)C[C@@H](C)O4)C(=O)C(=O)N2c2nnc(SCc3cccc4ccccc34)s2)c1. The fraction of sp³-hybridized carbons (Fsp3) is 0.263. The Morgan fingerprint density at radius 3 is 2.71 bits per heavy atom. The number of amides is 1. The molecule has 0 spiro atoms. The number of aliphatic hydroxyl groups is 1. The standard InChI is InChI=1S/C38H35N3O5S2/c1-22(2)16-17-45-29-12-7-10-25(20-29)33-32(34(42)26-14-15-31-28(19-26)18-23(3)46-31)35(43)36(44)41(33)37-39-40-38(48-37)47-21-27-11-6-9-24-8-4-5-13-30(24)27/h4-15,19-20,22-23,33,42H,16-18,21H2,1-3H3/b34-32+/t23-,33-/m1/s1. The summed E-state index contributed by atoms with van der Waals surface area (Å²) in [5.74, 6) is 0.710. The molecule has 2 aliphatic rings. The molecule has 0 saturated carbocycles. The predicted octanol–water partition coefficient (Wildman–Crippen LogP) is 8.36. The van der Waals surface area contributed by atoms with E-state index < -0.39 is 17.7 Å². The molecule has 48 heavy (non-hydrogen) atoms. The van der Waals surface area contributed by atoms with Crippen LogP contribution in [0.2, 0.25) is 0 Å². The summed E-state index contributed by atoms with van der Waals surface area (Å²) in [6.07, 6.45) is 1.59. The molecule has 0 bridgehead atoms. The third kappa shape index (κ3) is 6.30. The van der Waals surface area contributed by atoms with Gasteiger partial charge < -0.3 is 14.6 Å². The Balaban J connectivity index is 1.25. The van der Waals surface area contributed by atoms with E-state index in [2.05, 4.69) is 48.3 Å². The topological polar surface area (TPSA) is 102 Å². The van der Waals surface area contributed by atoms with Crippen molar-refractivity contribution in [3.63, 3.8) is 0 Å². The average molecular weight is 678 g/mol. The molecule has 244 valence electrons. The zero-order chi connectivity index (χ0) is 33.4. The fourth-order valence-electron chi connectivity index (χ4n) is 6.17. The second-order valence-electron chi connectivity index (χ2n) is 12.5. The summed E-state index contributed by atoms with van der Waals surface area (Å²) < 4.78 is 12.6. The quantitative estimate of drug-likeness (QED) is 0.0518. The van der Waals surface area contributed by atoms with E-state index in [0.717, 1.165) is 23.1 Å². The van der Waals surface area contributed by atoms with Crippen LogP contribution in [-0.2, 0) is 21.8 Å². The number of hydrogen-bond donors (Lipinski definition) is 1. The summed E-state index contributed by atoms with van der Waals surface area (Å²) in [6, 6.07) is 26.2. The minimum Gasteiger partial charge on any atom is -0.507 e. The number of nitrogens with zero attached hydrogens (tertiary/aromatic N) is 3. The van der Waals surface area contributed by atoms with E-state index in [1.165, 1.54) is 38.9 Å². The van der Waals surface area contributed by atoms with Crippen molar-refractivity contribution in [3.8, 4) is 11.5 Å². The lowest BCUT2D eigenvalue weighted by Crippen LogP contribution is -2.29. The molecule has 10 heteroatoms. The van der Waals surface area contributed by atoms with Crippen LogP contribution in [0.3, 0.4) is 0 Å². The normalized spacial score (nSPS) is 18.5. The second kappa shape index (κ2) is 13.4. The predicted molar refractivity (Wildman–Crippen MR) is 190 cm³/mol. The molecule has 2 aliphatic heterocycles. The molecule has 1 amide bonds. The van der Waals surface area contributed by atoms with Crippen molar-refractivity contribution in [3.05, 3.63) is 113 Å². The minimum absolute atomic E-state index is 0.00796. The van der Waals surface area contributed by atoms with Gasteiger partial charge in [0.05, 0.1) is 18.2 Å². The Bertz CT molecular complexity index is 2050. The van der Waals surface area contributed by atoms with Gasteiger partial charge in [-0.2, -0.15) is 0 Å². The average Bonchev–Trinajstić information content (AvgIpc) is 3.78. The Morgan fingerprint density at radius 2 is 1.85 bits per heavy atom. The van der Waals surface area contributed by atoms with Crippen LogP contribution < -0.4 is 14.4 Å². The van der Waals surface area contributed by atoms with Crippen molar-refractivity contribution >= 4 is 56.5 Å². The maximum absolute atomic E-state index is 13.8. The van der Waals surface area contributed by atoms with Gasteiger partial charge >= 0.3 is 5.91 Å². The van der Waals surface area contributed by atoms with Crippen LogP contribution in [0.5, 0.6) is 11.5 Å². The second-order valence-corrected chi connectivity index (χ2v) is 14.7. The molecule has 0 aliphatic carbocycles. The molecule has 7 rings (SSSR count). The molecule has 0 unspecified atom stereocenters. The van der Waals surface area contributed by atoms with Crippen LogP contribution in [0, 0.1) is 5.92 Å². The largest absolute Gasteiger partial charge is 0.507 e. The smallest absolute Gasteiger partial charge is 0.301 e. The number of rotatable bonds is 10. The number of fused-ring (bicyclic) bond motifs is 2. The van der Waals surface area contributed by atoms with E-state index in [-0.39, 0.29) is 22.6 Å². The van der Waals surface area contributed by atoms with E-state index >= 15 is 0 Å². The van der Waals surface area contributed by atoms with Gasteiger partial charge in [0, 0.05) is 17.7 Å². The summed E-state index contributed by atoms with van der Waals surface area (Å²) >= 11 is 2.77. The molecule has 1 fully saturated rings.